The summed E-state index contributed by atoms with van der Waals surface area (Å²) in [6.07, 6.45) is 3.06. The largest absolute Gasteiger partial charge is 0.339 e. The van der Waals surface area contributed by atoms with Gasteiger partial charge in [0.1, 0.15) is 0 Å². The summed E-state index contributed by atoms with van der Waals surface area (Å²) in [4.78, 5) is 26.3. The zero-order valence-electron chi connectivity index (χ0n) is 13.8. The molecule has 1 heterocycles. The average molecular weight is 340 g/mol. The fraction of sp³-hybridized carbons (Fsp3) is 0.529. The van der Waals surface area contributed by atoms with Crippen molar-refractivity contribution in [1.82, 2.24) is 10.2 Å². The monoisotopic (exact) mass is 339 g/mol. The first-order valence-corrected chi connectivity index (χ1v) is 8.09. The predicted molar refractivity (Wildman–Crippen MR) is 95.2 cm³/mol. The second-order valence-electron chi connectivity index (χ2n) is 5.55. The normalized spacial score (nSPS) is 17.0. The number of nitrogens with zero attached hydrogens (tertiary/aromatic N) is 1. The Kier molecular flexibility index (Phi) is 8.06. The van der Waals surface area contributed by atoms with Gasteiger partial charge < -0.3 is 15.5 Å². The number of carbonyl (C=O) groups excluding carboxylic acids is 2. The Morgan fingerprint density at radius 1 is 1.26 bits per heavy atom. The lowest BCUT2D eigenvalue weighted by Gasteiger charge is -2.23. The smallest absolute Gasteiger partial charge is 0.253 e. The number of benzene rings is 1. The quantitative estimate of drug-likeness (QED) is 0.867. The molecule has 0 bridgehead atoms. The van der Waals surface area contributed by atoms with Crippen molar-refractivity contribution in [3.05, 3.63) is 29.8 Å². The summed E-state index contributed by atoms with van der Waals surface area (Å²) in [5, 5.41) is 6.14. The van der Waals surface area contributed by atoms with E-state index in [2.05, 4.69) is 10.6 Å². The van der Waals surface area contributed by atoms with Gasteiger partial charge in [0.2, 0.25) is 5.91 Å². The standard InChI is InChI=1S/C17H25N3O2.ClH/c1-3-20(4-2)17(22)13-8-7-9-14(12-13)19-16(21)15-10-5-6-11-18-15;/h7-9,12,15,18H,3-6,10-11H2,1-2H3,(H,19,21);1H. The van der Waals surface area contributed by atoms with Crippen molar-refractivity contribution in [3.63, 3.8) is 0 Å². The van der Waals surface area contributed by atoms with Crippen molar-refractivity contribution in [2.75, 3.05) is 25.0 Å². The van der Waals surface area contributed by atoms with Gasteiger partial charge >= 0.3 is 0 Å². The van der Waals surface area contributed by atoms with Crippen molar-refractivity contribution in [3.8, 4) is 0 Å². The molecule has 23 heavy (non-hydrogen) atoms. The number of hydrogen-bond acceptors (Lipinski definition) is 3. The van der Waals surface area contributed by atoms with Crippen LogP contribution in [-0.2, 0) is 4.79 Å². The molecule has 0 aliphatic carbocycles. The molecule has 1 aromatic carbocycles. The van der Waals surface area contributed by atoms with E-state index in [4.69, 9.17) is 0 Å². The lowest BCUT2D eigenvalue weighted by molar-refractivity contribution is -0.118. The van der Waals surface area contributed by atoms with Crippen LogP contribution in [0.2, 0.25) is 0 Å². The number of anilines is 1. The second-order valence-corrected chi connectivity index (χ2v) is 5.55. The molecule has 1 saturated heterocycles. The van der Waals surface area contributed by atoms with Gasteiger partial charge in [0.15, 0.2) is 0 Å². The Balaban J connectivity index is 0.00000264. The number of hydrogen-bond donors (Lipinski definition) is 2. The van der Waals surface area contributed by atoms with E-state index >= 15 is 0 Å². The first-order valence-electron chi connectivity index (χ1n) is 8.09. The number of amides is 2. The summed E-state index contributed by atoms with van der Waals surface area (Å²) in [6.45, 7) is 6.16. The lowest BCUT2D eigenvalue weighted by Crippen LogP contribution is -2.43. The molecular weight excluding hydrogens is 314 g/mol. The van der Waals surface area contributed by atoms with E-state index in [9.17, 15) is 9.59 Å². The van der Waals surface area contributed by atoms with E-state index in [-0.39, 0.29) is 30.3 Å². The van der Waals surface area contributed by atoms with E-state index in [1.54, 1.807) is 23.1 Å². The van der Waals surface area contributed by atoms with Crippen molar-refractivity contribution >= 4 is 29.9 Å². The summed E-state index contributed by atoms with van der Waals surface area (Å²) in [5.41, 5.74) is 1.29. The molecule has 2 rings (SSSR count). The van der Waals surface area contributed by atoms with Gasteiger partial charge in [0.05, 0.1) is 6.04 Å². The van der Waals surface area contributed by atoms with Crippen LogP contribution in [-0.4, -0.2) is 42.4 Å². The molecule has 0 spiro atoms. The zero-order chi connectivity index (χ0) is 15.9. The SMILES string of the molecule is CCN(CC)C(=O)c1cccc(NC(=O)C2CCCCN2)c1.Cl. The molecule has 1 aliphatic rings. The van der Waals surface area contributed by atoms with Gasteiger partial charge in [-0.05, 0) is 51.4 Å². The third kappa shape index (κ3) is 5.22. The van der Waals surface area contributed by atoms with Crippen molar-refractivity contribution < 1.29 is 9.59 Å². The van der Waals surface area contributed by atoms with Crippen LogP contribution in [0.25, 0.3) is 0 Å². The van der Waals surface area contributed by atoms with Gasteiger partial charge in [-0.3, -0.25) is 9.59 Å². The molecule has 6 heteroatoms. The second kappa shape index (κ2) is 9.53. The van der Waals surface area contributed by atoms with Gasteiger partial charge in [-0.2, -0.15) is 0 Å². The molecular formula is C17H26ClN3O2. The fourth-order valence-corrected chi connectivity index (χ4v) is 2.73. The molecule has 1 unspecified atom stereocenters. The first-order chi connectivity index (χ1) is 10.7. The third-order valence-corrected chi connectivity index (χ3v) is 4.05. The maximum absolute atomic E-state index is 12.3. The van der Waals surface area contributed by atoms with Crippen LogP contribution in [0.4, 0.5) is 5.69 Å². The van der Waals surface area contributed by atoms with Crippen LogP contribution in [0.5, 0.6) is 0 Å². The topological polar surface area (TPSA) is 61.4 Å². The van der Waals surface area contributed by atoms with Crippen LogP contribution in [0.3, 0.4) is 0 Å². The maximum atomic E-state index is 12.3. The minimum Gasteiger partial charge on any atom is -0.339 e. The average Bonchev–Trinajstić information content (AvgIpc) is 2.57. The molecule has 0 radical (unpaired) electrons. The molecule has 1 fully saturated rings. The highest BCUT2D eigenvalue weighted by Crippen LogP contribution is 2.15. The maximum Gasteiger partial charge on any atom is 0.253 e. The minimum absolute atomic E-state index is 0. The Hall–Kier alpha value is -1.59. The van der Waals surface area contributed by atoms with Crippen molar-refractivity contribution in [2.24, 2.45) is 0 Å². The van der Waals surface area contributed by atoms with Crippen LogP contribution < -0.4 is 10.6 Å². The van der Waals surface area contributed by atoms with Crippen LogP contribution in [0, 0.1) is 0 Å². The van der Waals surface area contributed by atoms with Crippen LogP contribution >= 0.6 is 12.4 Å². The highest BCUT2D eigenvalue weighted by molar-refractivity contribution is 5.98. The van der Waals surface area contributed by atoms with Gasteiger partial charge in [-0.1, -0.05) is 12.5 Å². The summed E-state index contributed by atoms with van der Waals surface area (Å²) >= 11 is 0. The van der Waals surface area contributed by atoms with E-state index in [0.717, 1.165) is 25.8 Å². The molecule has 2 N–H and O–H groups in total. The first kappa shape index (κ1) is 19.5. The Bertz CT molecular complexity index is 526. The van der Waals surface area contributed by atoms with Crippen molar-refractivity contribution in [2.45, 2.75) is 39.2 Å². The summed E-state index contributed by atoms with van der Waals surface area (Å²) < 4.78 is 0. The number of nitrogens with one attached hydrogen (secondary N) is 2. The van der Waals surface area contributed by atoms with E-state index in [1.807, 2.05) is 19.9 Å². The van der Waals surface area contributed by atoms with Gasteiger partial charge in [-0.15, -0.1) is 12.4 Å². The number of carbonyl (C=O) groups is 2. The Morgan fingerprint density at radius 2 is 2.00 bits per heavy atom. The van der Waals surface area contributed by atoms with Crippen LogP contribution in [0.15, 0.2) is 24.3 Å². The van der Waals surface area contributed by atoms with E-state index < -0.39 is 0 Å². The summed E-state index contributed by atoms with van der Waals surface area (Å²) in [6, 6.07) is 7.03. The van der Waals surface area contributed by atoms with Gasteiger partial charge in [0.25, 0.3) is 5.91 Å². The van der Waals surface area contributed by atoms with Crippen molar-refractivity contribution in [1.29, 1.82) is 0 Å². The lowest BCUT2D eigenvalue weighted by atomic mass is 10.0. The Morgan fingerprint density at radius 3 is 2.61 bits per heavy atom. The highest BCUT2D eigenvalue weighted by atomic mass is 35.5. The molecule has 1 aliphatic heterocycles. The van der Waals surface area contributed by atoms with Crippen LogP contribution in [0.1, 0.15) is 43.5 Å². The van der Waals surface area contributed by atoms with E-state index in [0.29, 0.717) is 24.3 Å². The minimum atomic E-state index is -0.129. The molecule has 0 saturated carbocycles. The number of halogens is 1. The zero-order valence-corrected chi connectivity index (χ0v) is 14.6. The Labute approximate surface area is 144 Å². The molecule has 128 valence electrons. The predicted octanol–water partition coefficient (Wildman–Crippen LogP) is 2.67. The fourth-order valence-electron chi connectivity index (χ4n) is 2.73. The van der Waals surface area contributed by atoms with Gasteiger partial charge in [0, 0.05) is 24.3 Å². The van der Waals surface area contributed by atoms with E-state index in [1.165, 1.54) is 0 Å². The molecule has 2 amide bonds. The third-order valence-electron chi connectivity index (χ3n) is 4.05. The summed E-state index contributed by atoms with van der Waals surface area (Å²) in [5.74, 6) is -0.0240. The number of piperidine rings is 1. The number of rotatable bonds is 5. The molecule has 5 nitrogen and oxygen atoms in total. The highest BCUT2D eigenvalue weighted by Gasteiger charge is 2.21. The molecule has 0 aromatic heterocycles. The van der Waals surface area contributed by atoms with Gasteiger partial charge in [-0.25, -0.2) is 0 Å². The molecule has 1 atom stereocenters. The summed E-state index contributed by atoms with van der Waals surface area (Å²) in [7, 11) is 0. The molecule has 1 aromatic rings.